The minimum absolute atomic E-state index is 0.113. The summed E-state index contributed by atoms with van der Waals surface area (Å²) in [6, 6.07) is 16.0. The van der Waals surface area contributed by atoms with Crippen molar-refractivity contribution in [1.82, 2.24) is 5.32 Å². The summed E-state index contributed by atoms with van der Waals surface area (Å²) in [4.78, 5) is 24.3. The average molecular weight is 386 g/mol. The second kappa shape index (κ2) is 7.72. The van der Waals surface area contributed by atoms with E-state index in [0.717, 1.165) is 16.8 Å². The lowest BCUT2D eigenvalue weighted by atomic mass is 9.99. The molecule has 0 aliphatic heterocycles. The SMILES string of the molecule is NC(=O)[C@@H](Cc1ccccc1C(F)(F)F)NC(=O)c1ccc2ccccc2c1. The van der Waals surface area contributed by atoms with E-state index in [-0.39, 0.29) is 17.5 Å². The van der Waals surface area contributed by atoms with Gasteiger partial charge in [-0.3, -0.25) is 9.59 Å². The first kappa shape index (κ1) is 19.4. The van der Waals surface area contributed by atoms with Gasteiger partial charge in [0.1, 0.15) is 6.04 Å². The summed E-state index contributed by atoms with van der Waals surface area (Å²) in [6.07, 6.45) is -4.93. The van der Waals surface area contributed by atoms with Crippen molar-refractivity contribution in [1.29, 1.82) is 0 Å². The van der Waals surface area contributed by atoms with Crippen LogP contribution < -0.4 is 11.1 Å². The Labute approximate surface area is 159 Å². The van der Waals surface area contributed by atoms with Crippen molar-refractivity contribution in [2.75, 3.05) is 0 Å². The van der Waals surface area contributed by atoms with Crippen LogP contribution in [0.5, 0.6) is 0 Å². The fraction of sp³-hybridized carbons (Fsp3) is 0.143. The van der Waals surface area contributed by atoms with Gasteiger partial charge in [-0.2, -0.15) is 13.2 Å². The van der Waals surface area contributed by atoms with Gasteiger partial charge < -0.3 is 11.1 Å². The van der Waals surface area contributed by atoms with Crippen LogP contribution in [0.25, 0.3) is 10.8 Å². The molecule has 0 spiro atoms. The highest BCUT2D eigenvalue weighted by molar-refractivity contribution is 6.00. The number of benzene rings is 3. The van der Waals surface area contributed by atoms with Gasteiger partial charge in [-0.1, -0.05) is 48.5 Å². The van der Waals surface area contributed by atoms with Crippen molar-refractivity contribution in [3.8, 4) is 0 Å². The Morgan fingerprint density at radius 1 is 0.929 bits per heavy atom. The molecule has 3 aromatic rings. The molecule has 0 saturated carbocycles. The van der Waals surface area contributed by atoms with Gasteiger partial charge in [0.15, 0.2) is 0 Å². The molecule has 4 nitrogen and oxygen atoms in total. The van der Waals surface area contributed by atoms with Crippen LogP contribution in [0.2, 0.25) is 0 Å². The van der Waals surface area contributed by atoms with Crippen LogP contribution in [0.3, 0.4) is 0 Å². The zero-order valence-corrected chi connectivity index (χ0v) is 14.7. The summed E-state index contributed by atoms with van der Waals surface area (Å²) in [5.74, 6) is -1.50. The number of carbonyl (C=O) groups is 2. The number of carbonyl (C=O) groups excluding carboxylic acids is 2. The summed E-state index contributed by atoms with van der Waals surface area (Å²) < 4.78 is 39.5. The van der Waals surface area contributed by atoms with Crippen LogP contribution in [0.1, 0.15) is 21.5 Å². The summed E-state index contributed by atoms with van der Waals surface area (Å²) in [5.41, 5.74) is 4.64. The number of halogens is 3. The molecule has 3 aromatic carbocycles. The molecule has 0 aromatic heterocycles. The minimum Gasteiger partial charge on any atom is -0.368 e. The number of hydrogen-bond donors (Lipinski definition) is 2. The van der Waals surface area contributed by atoms with E-state index in [4.69, 9.17) is 5.73 Å². The molecule has 0 heterocycles. The molecule has 2 amide bonds. The maximum atomic E-state index is 13.2. The Morgan fingerprint density at radius 3 is 2.25 bits per heavy atom. The predicted octanol–water partition coefficient (Wildman–Crippen LogP) is 3.69. The molecule has 0 fully saturated rings. The normalized spacial score (nSPS) is 12.5. The molecule has 3 N–H and O–H groups in total. The first-order valence-corrected chi connectivity index (χ1v) is 8.50. The van der Waals surface area contributed by atoms with Gasteiger partial charge in [0.2, 0.25) is 5.91 Å². The van der Waals surface area contributed by atoms with Gasteiger partial charge in [0, 0.05) is 12.0 Å². The van der Waals surface area contributed by atoms with E-state index in [0.29, 0.717) is 0 Å². The van der Waals surface area contributed by atoms with E-state index in [1.54, 1.807) is 18.2 Å². The van der Waals surface area contributed by atoms with Crippen molar-refractivity contribution in [2.45, 2.75) is 18.6 Å². The highest BCUT2D eigenvalue weighted by Crippen LogP contribution is 2.32. The third kappa shape index (κ3) is 4.31. The van der Waals surface area contributed by atoms with Crippen LogP contribution in [-0.4, -0.2) is 17.9 Å². The van der Waals surface area contributed by atoms with E-state index < -0.39 is 29.6 Å². The molecule has 144 valence electrons. The number of amides is 2. The van der Waals surface area contributed by atoms with E-state index in [1.165, 1.54) is 18.2 Å². The minimum atomic E-state index is -4.57. The number of alkyl halides is 3. The Bertz CT molecular complexity index is 1030. The quantitative estimate of drug-likeness (QED) is 0.702. The maximum absolute atomic E-state index is 13.2. The van der Waals surface area contributed by atoms with Gasteiger partial charge >= 0.3 is 6.18 Å². The molecular formula is C21H17F3N2O2. The van der Waals surface area contributed by atoms with Crippen molar-refractivity contribution in [3.05, 3.63) is 83.4 Å². The lowest BCUT2D eigenvalue weighted by Gasteiger charge is -2.19. The molecule has 0 saturated heterocycles. The Kier molecular flexibility index (Phi) is 5.35. The third-order valence-electron chi connectivity index (χ3n) is 4.41. The number of rotatable bonds is 5. The van der Waals surface area contributed by atoms with Crippen LogP contribution in [0.15, 0.2) is 66.7 Å². The van der Waals surface area contributed by atoms with Crippen LogP contribution >= 0.6 is 0 Å². The van der Waals surface area contributed by atoms with Crippen molar-refractivity contribution in [3.63, 3.8) is 0 Å². The largest absolute Gasteiger partial charge is 0.416 e. The number of fused-ring (bicyclic) bond motifs is 1. The first-order chi connectivity index (χ1) is 13.3. The van der Waals surface area contributed by atoms with Crippen LogP contribution in [0.4, 0.5) is 13.2 Å². The number of nitrogens with two attached hydrogens (primary N) is 1. The Morgan fingerprint density at radius 2 is 1.57 bits per heavy atom. The van der Waals surface area contributed by atoms with E-state index >= 15 is 0 Å². The Balaban J connectivity index is 1.83. The number of hydrogen-bond acceptors (Lipinski definition) is 2. The molecule has 0 aliphatic rings. The summed E-state index contributed by atoms with van der Waals surface area (Å²) in [7, 11) is 0. The monoisotopic (exact) mass is 386 g/mol. The van der Waals surface area contributed by atoms with Crippen molar-refractivity contribution in [2.24, 2.45) is 5.73 Å². The van der Waals surface area contributed by atoms with Gasteiger partial charge in [0.05, 0.1) is 5.56 Å². The van der Waals surface area contributed by atoms with E-state index in [9.17, 15) is 22.8 Å². The molecule has 0 aliphatic carbocycles. The third-order valence-corrected chi connectivity index (χ3v) is 4.41. The fourth-order valence-corrected chi connectivity index (χ4v) is 2.99. The topological polar surface area (TPSA) is 72.2 Å². The summed E-state index contributed by atoms with van der Waals surface area (Å²) in [5, 5.41) is 4.21. The lowest BCUT2D eigenvalue weighted by molar-refractivity contribution is -0.138. The second-order valence-electron chi connectivity index (χ2n) is 6.35. The highest BCUT2D eigenvalue weighted by atomic mass is 19.4. The molecule has 28 heavy (non-hydrogen) atoms. The maximum Gasteiger partial charge on any atom is 0.416 e. The fourth-order valence-electron chi connectivity index (χ4n) is 2.99. The zero-order chi connectivity index (χ0) is 20.3. The summed E-state index contributed by atoms with van der Waals surface area (Å²) >= 11 is 0. The zero-order valence-electron chi connectivity index (χ0n) is 14.7. The molecule has 0 unspecified atom stereocenters. The summed E-state index contributed by atoms with van der Waals surface area (Å²) in [6.45, 7) is 0. The highest BCUT2D eigenvalue weighted by Gasteiger charge is 2.34. The molecule has 3 rings (SSSR count). The Hall–Kier alpha value is -3.35. The van der Waals surface area contributed by atoms with Gasteiger partial charge in [0.25, 0.3) is 5.91 Å². The first-order valence-electron chi connectivity index (χ1n) is 8.50. The smallest absolute Gasteiger partial charge is 0.368 e. The van der Waals surface area contributed by atoms with Gasteiger partial charge in [-0.15, -0.1) is 0 Å². The van der Waals surface area contributed by atoms with Crippen molar-refractivity contribution < 1.29 is 22.8 Å². The standard InChI is InChI=1S/C21H17F3N2O2/c22-21(23,24)17-8-4-3-7-15(17)12-18(19(25)27)26-20(28)16-10-9-13-5-1-2-6-14(13)11-16/h1-11,18H,12H2,(H2,25,27)(H,26,28)/t18-/m1/s1. The van der Waals surface area contributed by atoms with Crippen molar-refractivity contribution >= 4 is 22.6 Å². The average Bonchev–Trinajstić information content (AvgIpc) is 2.66. The molecule has 0 radical (unpaired) electrons. The van der Waals surface area contributed by atoms with Gasteiger partial charge in [-0.25, -0.2) is 0 Å². The van der Waals surface area contributed by atoms with Crippen LogP contribution in [-0.2, 0) is 17.4 Å². The van der Waals surface area contributed by atoms with Crippen LogP contribution in [0, 0.1) is 0 Å². The molecular weight excluding hydrogens is 369 g/mol. The number of primary amides is 1. The second-order valence-corrected chi connectivity index (χ2v) is 6.35. The predicted molar refractivity (Wildman–Crippen MR) is 99.5 cm³/mol. The lowest BCUT2D eigenvalue weighted by Crippen LogP contribution is -2.46. The molecule has 1 atom stereocenters. The van der Waals surface area contributed by atoms with E-state index in [1.807, 2.05) is 24.3 Å². The molecule has 0 bridgehead atoms. The number of nitrogens with one attached hydrogen (secondary N) is 1. The van der Waals surface area contributed by atoms with Gasteiger partial charge in [-0.05, 0) is 34.5 Å². The molecule has 7 heteroatoms. The van der Waals surface area contributed by atoms with E-state index in [2.05, 4.69) is 5.32 Å².